The normalized spacial score (nSPS) is 15.1. The van der Waals surface area contributed by atoms with Gasteiger partial charge in [0.2, 0.25) is 5.91 Å². The molecule has 5 heteroatoms. The van der Waals surface area contributed by atoms with Gasteiger partial charge in [0.05, 0.1) is 13.2 Å². The van der Waals surface area contributed by atoms with Crippen LogP contribution >= 0.6 is 0 Å². The highest BCUT2D eigenvalue weighted by atomic mass is 16.5. The Morgan fingerprint density at radius 2 is 1.67 bits per heavy atom. The van der Waals surface area contributed by atoms with Crippen molar-refractivity contribution in [3.63, 3.8) is 0 Å². The van der Waals surface area contributed by atoms with Crippen LogP contribution in [0.5, 0.6) is 0 Å². The van der Waals surface area contributed by atoms with E-state index in [2.05, 4.69) is 101 Å². The molecule has 1 amide bonds. The third kappa shape index (κ3) is 5.86. The Balaban J connectivity index is 1.41. The number of hydrogen-bond acceptors (Lipinski definition) is 3. The second kappa shape index (κ2) is 11.5. The molecule has 1 fully saturated rings. The fourth-order valence-corrected chi connectivity index (χ4v) is 5.11. The van der Waals surface area contributed by atoms with Crippen molar-refractivity contribution < 1.29 is 9.53 Å². The average Bonchev–Trinajstić information content (AvgIpc) is 3.27. The largest absolute Gasteiger partial charge is 0.379 e. The molecule has 186 valence electrons. The summed E-state index contributed by atoms with van der Waals surface area (Å²) in [6.07, 6.45) is 2.68. The SMILES string of the molecule is Cc1ccc([C@H](CC(=O)NCCN2CCOCC2)c2cn(Cc3ccccc3)c3ccccc23)cc1. The van der Waals surface area contributed by atoms with Crippen LogP contribution in [-0.4, -0.2) is 54.8 Å². The second-order valence-electron chi connectivity index (χ2n) is 9.69. The first-order valence-corrected chi connectivity index (χ1v) is 12.9. The monoisotopic (exact) mass is 481 g/mol. The van der Waals surface area contributed by atoms with Crippen LogP contribution in [0.1, 0.15) is 34.6 Å². The molecule has 0 radical (unpaired) electrons. The summed E-state index contributed by atoms with van der Waals surface area (Å²) in [5, 5.41) is 4.39. The number of fused-ring (bicyclic) bond motifs is 1. The van der Waals surface area contributed by atoms with Crippen molar-refractivity contribution in [2.45, 2.75) is 25.8 Å². The molecule has 1 atom stereocenters. The van der Waals surface area contributed by atoms with E-state index in [1.54, 1.807) is 0 Å². The van der Waals surface area contributed by atoms with Gasteiger partial charge in [-0.05, 0) is 29.7 Å². The molecule has 1 aliphatic rings. The molecule has 5 nitrogen and oxygen atoms in total. The Hall–Kier alpha value is -3.41. The van der Waals surface area contributed by atoms with Crippen LogP contribution in [-0.2, 0) is 16.1 Å². The Kier molecular flexibility index (Phi) is 7.79. The van der Waals surface area contributed by atoms with Gasteiger partial charge < -0.3 is 14.6 Å². The summed E-state index contributed by atoms with van der Waals surface area (Å²) in [5.74, 6) is 0.0737. The lowest BCUT2D eigenvalue weighted by atomic mass is 9.87. The van der Waals surface area contributed by atoms with Gasteiger partial charge in [-0.1, -0.05) is 78.4 Å². The molecule has 0 aliphatic carbocycles. The summed E-state index contributed by atoms with van der Waals surface area (Å²) in [4.78, 5) is 15.5. The molecular weight excluding hydrogens is 446 g/mol. The lowest BCUT2D eigenvalue weighted by Gasteiger charge is -2.26. The van der Waals surface area contributed by atoms with Crippen molar-refractivity contribution in [1.82, 2.24) is 14.8 Å². The smallest absolute Gasteiger partial charge is 0.220 e. The van der Waals surface area contributed by atoms with Crippen molar-refractivity contribution in [3.8, 4) is 0 Å². The number of hydrogen-bond donors (Lipinski definition) is 1. The standard InChI is InChI=1S/C31H35N3O2/c1-24-11-13-26(14-12-24)28(21-31(35)32-15-16-33-17-19-36-20-18-33)29-23-34(22-25-7-3-2-4-8-25)30-10-6-5-9-27(29)30/h2-14,23,28H,15-22H2,1H3,(H,32,35)/t28-/m0/s1. The summed E-state index contributed by atoms with van der Waals surface area (Å²) < 4.78 is 7.75. The molecule has 36 heavy (non-hydrogen) atoms. The van der Waals surface area contributed by atoms with E-state index < -0.39 is 0 Å². The molecule has 4 aromatic rings. The molecular formula is C31H35N3O2. The summed E-state index contributed by atoms with van der Waals surface area (Å²) in [7, 11) is 0. The molecule has 0 spiro atoms. The summed E-state index contributed by atoms with van der Waals surface area (Å²) >= 11 is 0. The lowest BCUT2D eigenvalue weighted by molar-refractivity contribution is -0.121. The zero-order valence-corrected chi connectivity index (χ0v) is 21.0. The minimum absolute atomic E-state index is 0.0177. The Labute approximate surface area is 213 Å². The highest BCUT2D eigenvalue weighted by Crippen LogP contribution is 2.35. The number of benzene rings is 3. The van der Waals surface area contributed by atoms with Crippen molar-refractivity contribution in [2.24, 2.45) is 0 Å². The molecule has 0 unspecified atom stereocenters. The number of carbonyl (C=O) groups excluding carboxylic acids is 1. The van der Waals surface area contributed by atoms with Gasteiger partial charge in [0.25, 0.3) is 0 Å². The third-order valence-corrected chi connectivity index (χ3v) is 7.11. The minimum atomic E-state index is -0.0177. The van der Waals surface area contributed by atoms with Gasteiger partial charge in [-0.2, -0.15) is 0 Å². The Morgan fingerprint density at radius 3 is 2.44 bits per heavy atom. The number of amides is 1. The zero-order chi connectivity index (χ0) is 24.7. The van der Waals surface area contributed by atoms with Gasteiger partial charge in [0.1, 0.15) is 0 Å². The summed E-state index contributed by atoms with van der Waals surface area (Å²) in [6.45, 7) is 7.84. The molecule has 3 aromatic carbocycles. The number of nitrogens with zero attached hydrogens (tertiary/aromatic N) is 2. The molecule has 0 bridgehead atoms. The molecule has 5 rings (SSSR count). The predicted octanol–water partition coefficient (Wildman–Crippen LogP) is 4.97. The molecule has 1 saturated heterocycles. The molecule has 0 saturated carbocycles. The van der Waals surface area contributed by atoms with Crippen LogP contribution in [0, 0.1) is 6.92 Å². The molecule has 1 N–H and O–H groups in total. The van der Waals surface area contributed by atoms with Crippen LogP contribution in [0.2, 0.25) is 0 Å². The number of morpholine rings is 1. The minimum Gasteiger partial charge on any atom is -0.379 e. The second-order valence-corrected chi connectivity index (χ2v) is 9.69. The van der Waals surface area contributed by atoms with Gasteiger partial charge in [-0.3, -0.25) is 9.69 Å². The lowest BCUT2D eigenvalue weighted by Crippen LogP contribution is -2.41. The first-order chi connectivity index (χ1) is 17.7. The fourth-order valence-electron chi connectivity index (χ4n) is 5.11. The number of aryl methyl sites for hydroxylation is 1. The number of para-hydroxylation sites is 1. The maximum Gasteiger partial charge on any atom is 0.220 e. The number of ether oxygens (including phenoxy) is 1. The van der Waals surface area contributed by atoms with Crippen molar-refractivity contribution in [3.05, 3.63) is 107 Å². The van der Waals surface area contributed by atoms with E-state index in [4.69, 9.17) is 4.74 Å². The number of carbonyl (C=O) groups is 1. The van der Waals surface area contributed by atoms with Gasteiger partial charge in [-0.25, -0.2) is 0 Å². The number of aromatic nitrogens is 1. The highest BCUT2D eigenvalue weighted by Gasteiger charge is 2.23. The fraction of sp³-hybridized carbons (Fsp3) is 0.323. The summed E-state index contributed by atoms with van der Waals surface area (Å²) in [6, 6.07) is 27.7. The quantitative estimate of drug-likeness (QED) is 0.367. The third-order valence-electron chi connectivity index (χ3n) is 7.11. The van der Waals surface area contributed by atoms with Gasteiger partial charge >= 0.3 is 0 Å². The molecule has 1 aromatic heterocycles. The van der Waals surface area contributed by atoms with E-state index in [0.29, 0.717) is 13.0 Å². The van der Waals surface area contributed by atoms with Crippen LogP contribution in [0.25, 0.3) is 10.9 Å². The van der Waals surface area contributed by atoms with E-state index in [-0.39, 0.29) is 11.8 Å². The number of rotatable bonds is 9. The predicted molar refractivity (Wildman–Crippen MR) is 145 cm³/mol. The first-order valence-electron chi connectivity index (χ1n) is 12.9. The Bertz CT molecular complexity index is 1270. The van der Waals surface area contributed by atoms with Crippen LogP contribution in [0.4, 0.5) is 0 Å². The van der Waals surface area contributed by atoms with Gasteiger partial charge in [-0.15, -0.1) is 0 Å². The van der Waals surface area contributed by atoms with E-state index in [1.165, 1.54) is 33.2 Å². The average molecular weight is 482 g/mol. The maximum atomic E-state index is 13.2. The zero-order valence-electron chi connectivity index (χ0n) is 21.0. The maximum absolute atomic E-state index is 13.2. The van der Waals surface area contributed by atoms with Crippen LogP contribution in [0.15, 0.2) is 85.1 Å². The first kappa shape index (κ1) is 24.3. The van der Waals surface area contributed by atoms with Crippen LogP contribution < -0.4 is 5.32 Å². The highest BCUT2D eigenvalue weighted by molar-refractivity contribution is 5.86. The van der Waals surface area contributed by atoms with Crippen molar-refractivity contribution in [2.75, 3.05) is 39.4 Å². The van der Waals surface area contributed by atoms with E-state index >= 15 is 0 Å². The van der Waals surface area contributed by atoms with E-state index in [1.807, 2.05) is 6.07 Å². The van der Waals surface area contributed by atoms with Gasteiger partial charge in [0.15, 0.2) is 0 Å². The summed E-state index contributed by atoms with van der Waals surface area (Å²) in [5.41, 5.74) is 6.05. The van der Waals surface area contributed by atoms with Crippen molar-refractivity contribution in [1.29, 1.82) is 0 Å². The van der Waals surface area contributed by atoms with E-state index in [0.717, 1.165) is 39.4 Å². The van der Waals surface area contributed by atoms with Crippen LogP contribution in [0.3, 0.4) is 0 Å². The topological polar surface area (TPSA) is 46.5 Å². The molecule has 2 heterocycles. The Morgan fingerprint density at radius 1 is 0.944 bits per heavy atom. The van der Waals surface area contributed by atoms with Crippen molar-refractivity contribution >= 4 is 16.8 Å². The van der Waals surface area contributed by atoms with E-state index in [9.17, 15) is 4.79 Å². The van der Waals surface area contributed by atoms with Gasteiger partial charge in [0, 0.05) is 62.2 Å². The number of nitrogens with one attached hydrogen (secondary N) is 1. The molecule has 1 aliphatic heterocycles.